The number of aromatic nitrogens is 3. The highest BCUT2D eigenvalue weighted by Gasteiger charge is 2.28. The molecule has 7 heteroatoms. The summed E-state index contributed by atoms with van der Waals surface area (Å²) in [4.78, 5) is 23.9. The summed E-state index contributed by atoms with van der Waals surface area (Å²) >= 11 is 0. The molecule has 1 aromatic carbocycles. The third kappa shape index (κ3) is 3.65. The average Bonchev–Trinajstić information content (AvgIpc) is 3.30. The molecule has 2 atom stereocenters. The van der Waals surface area contributed by atoms with Crippen molar-refractivity contribution in [1.29, 1.82) is 0 Å². The first-order chi connectivity index (χ1) is 14.5. The first-order valence-corrected chi connectivity index (χ1v) is 10.4. The van der Waals surface area contributed by atoms with Crippen LogP contribution in [0.15, 0.2) is 36.5 Å². The number of carbonyl (C=O) groups is 1. The molecule has 0 radical (unpaired) electrons. The number of anilines is 1. The fourth-order valence-electron chi connectivity index (χ4n) is 4.32. The first kappa shape index (κ1) is 20.3. The van der Waals surface area contributed by atoms with Crippen molar-refractivity contribution in [1.82, 2.24) is 14.5 Å². The lowest BCUT2D eigenvalue weighted by molar-refractivity contribution is 0.0601. The SMILES string of the molecule is COCCn1c(-c2ccc(N3[C@@H](C)CC[C@@H]3C)nc2)nc2cc(C(=O)OC)ccc21. The Bertz CT molecular complexity index is 1030. The summed E-state index contributed by atoms with van der Waals surface area (Å²) in [7, 11) is 3.06. The predicted octanol–water partition coefficient (Wildman–Crippen LogP) is 3.91. The molecular weight excluding hydrogens is 380 g/mol. The Kier molecular flexibility index (Phi) is 5.72. The molecule has 1 fully saturated rings. The van der Waals surface area contributed by atoms with Gasteiger partial charge in [0, 0.05) is 37.5 Å². The summed E-state index contributed by atoms with van der Waals surface area (Å²) in [6.07, 6.45) is 4.28. The molecule has 0 unspecified atom stereocenters. The van der Waals surface area contributed by atoms with Crippen LogP contribution in [0.4, 0.5) is 5.82 Å². The van der Waals surface area contributed by atoms with Crippen LogP contribution in [0.5, 0.6) is 0 Å². The van der Waals surface area contributed by atoms with Gasteiger partial charge in [0.2, 0.25) is 0 Å². The highest BCUT2D eigenvalue weighted by molar-refractivity contribution is 5.94. The molecule has 0 aliphatic carbocycles. The lowest BCUT2D eigenvalue weighted by Gasteiger charge is -2.27. The number of imidazole rings is 1. The number of carbonyl (C=O) groups excluding carboxylic acids is 1. The number of fused-ring (bicyclic) bond motifs is 1. The molecule has 1 aliphatic heterocycles. The molecule has 4 rings (SSSR count). The van der Waals surface area contributed by atoms with Crippen molar-refractivity contribution in [2.75, 3.05) is 25.7 Å². The fraction of sp³-hybridized carbons (Fsp3) is 0.435. The Morgan fingerprint density at radius 1 is 1.13 bits per heavy atom. The van der Waals surface area contributed by atoms with Crippen molar-refractivity contribution in [3.63, 3.8) is 0 Å². The van der Waals surface area contributed by atoms with Crippen LogP contribution in [0.2, 0.25) is 0 Å². The van der Waals surface area contributed by atoms with Crippen LogP contribution in [0, 0.1) is 0 Å². The summed E-state index contributed by atoms with van der Waals surface area (Å²) in [5.41, 5.74) is 3.11. The molecule has 3 heterocycles. The maximum Gasteiger partial charge on any atom is 0.337 e. The van der Waals surface area contributed by atoms with E-state index in [1.807, 2.05) is 12.3 Å². The molecule has 2 aromatic heterocycles. The zero-order valence-electron chi connectivity index (χ0n) is 18.0. The van der Waals surface area contributed by atoms with Gasteiger partial charge in [0.15, 0.2) is 0 Å². The van der Waals surface area contributed by atoms with E-state index in [0.717, 1.165) is 28.2 Å². The number of nitrogens with zero attached hydrogens (tertiary/aromatic N) is 4. The second kappa shape index (κ2) is 8.44. The number of hydrogen-bond donors (Lipinski definition) is 0. The minimum absolute atomic E-state index is 0.371. The minimum Gasteiger partial charge on any atom is -0.465 e. The lowest BCUT2D eigenvalue weighted by Crippen LogP contribution is -2.33. The maximum absolute atomic E-state index is 11.9. The Labute approximate surface area is 176 Å². The van der Waals surface area contributed by atoms with Gasteiger partial charge in [0.1, 0.15) is 11.6 Å². The minimum atomic E-state index is -0.371. The van der Waals surface area contributed by atoms with Crippen molar-refractivity contribution in [2.45, 2.75) is 45.3 Å². The van der Waals surface area contributed by atoms with Gasteiger partial charge >= 0.3 is 5.97 Å². The van der Waals surface area contributed by atoms with Crippen molar-refractivity contribution in [2.24, 2.45) is 0 Å². The van der Waals surface area contributed by atoms with Gasteiger partial charge in [-0.3, -0.25) is 0 Å². The molecule has 3 aromatic rings. The van der Waals surface area contributed by atoms with Gasteiger partial charge in [-0.05, 0) is 57.0 Å². The zero-order chi connectivity index (χ0) is 21.3. The maximum atomic E-state index is 11.9. The Morgan fingerprint density at radius 3 is 2.53 bits per heavy atom. The van der Waals surface area contributed by atoms with E-state index in [1.165, 1.54) is 20.0 Å². The molecule has 0 N–H and O–H groups in total. The quantitative estimate of drug-likeness (QED) is 0.576. The molecule has 1 aliphatic rings. The molecule has 158 valence electrons. The van der Waals surface area contributed by atoms with E-state index in [1.54, 1.807) is 19.2 Å². The van der Waals surface area contributed by atoms with Crippen molar-refractivity contribution in [3.8, 4) is 11.4 Å². The number of methoxy groups -OCH3 is 2. The van der Waals surface area contributed by atoms with Gasteiger partial charge in [-0.2, -0.15) is 0 Å². The van der Waals surface area contributed by atoms with Crippen LogP contribution in [0.25, 0.3) is 22.4 Å². The summed E-state index contributed by atoms with van der Waals surface area (Å²) < 4.78 is 12.3. The Morgan fingerprint density at radius 2 is 1.90 bits per heavy atom. The van der Waals surface area contributed by atoms with Gasteiger partial charge in [-0.25, -0.2) is 14.8 Å². The van der Waals surface area contributed by atoms with E-state index in [9.17, 15) is 4.79 Å². The number of pyridine rings is 1. The van der Waals surface area contributed by atoms with Crippen LogP contribution >= 0.6 is 0 Å². The molecule has 0 saturated carbocycles. The van der Waals surface area contributed by atoms with Crippen molar-refractivity contribution in [3.05, 3.63) is 42.1 Å². The summed E-state index contributed by atoms with van der Waals surface area (Å²) in [6.45, 7) is 5.72. The summed E-state index contributed by atoms with van der Waals surface area (Å²) in [6, 6.07) is 10.6. The molecule has 7 nitrogen and oxygen atoms in total. The monoisotopic (exact) mass is 408 g/mol. The highest BCUT2D eigenvalue weighted by atomic mass is 16.5. The second-order valence-corrected chi connectivity index (χ2v) is 7.86. The standard InChI is InChI=1S/C23H28N4O3/c1-15-5-6-16(2)27(15)21-10-8-18(14-24-21)22-25-19-13-17(23(28)30-4)7-9-20(19)26(22)11-12-29-3/h7-10,13-16H,5-6,11-12H2,1-4H3/t15-,16-/m0/s1. The number of ether oxygens (including phenoxy) is 2. The van der Waals surface area contributed by atoms with Gasteiger partial charge in [0.05, 0.1) is 30.3 Å². The largest absolute Gasteiger partial charge is 0.465 e. The predicted molar refractivity (Wildman–Crippen MR) is 117 cm³/mol. The van der Waals surface area contributed by atoms with E-state index in [2.05, 4.69) is 35.4 Å². The van der Waals surface area contributed by atoms with Gasteiger partial charge in [-0.15, -0.1) is 0 Å². The van der Waals surface area contributed by atoms with Gasteiger partial charge in [0.25, 0.3) is 0 Å². The molecule has 0 amide bonds. The van der Waals surface area contributed by atoms with Crippen LogP contribution in [-0.2, 0) is 16.0 Å². The molecule has 0 spiro atoms. The molecular formula is C23H28N4O3. The van der Waals surface area contributed by atoms with Crippen LogP contribution < -0.4 is 4.90 Å². The molecule has 1 saturated heterocycles. The van der Waals surface area contributed by atoms with Gasteiger partial charge in [-0.1, -0.05) is 0 Å². The van der Waals surface area contributed by atoms with Crippen molar-refractivity contribution < 1.29 is 14.3 Å². The Hall–Kier alpha value is -2.93. The van der Waals surface area contributed by atoms with Crippen molar-refractivity contribution >= 4 is 22.8 Å². The first-order valence-electron chi connectivity index (χ1n) is 10.4. The highest BCUT2D eigenvalue weighted by Crippen LogP contribution is 2.31. The van der Waals surface area contributed by atoms with E-state index in [4.69, 9.17) is 19.4 Å². The van der Waals surface area contributed by atoms with Crippen LogP contribution in [-0.4, -0.2) is 53.4 Å². The van der Waals surface area contributed by atoms with Crippen LogP contribution in [0.1, 0.15) is 37.0 Å². The second-order valence-electron chi connectivity index (χ2n) is 7.86. The van der Waals surface area contributed by atoms with Crippen LogP contribution in [0.3, 0.4) is 0 Å². The van der Waals surface area contributed by atoms with E-state index < -0.39 is 0 Å². The number of benzene rings is 1. The Balaban J connectivity index is 1.74. The normalized spacial score (nSPS) is 18.9. The number of rotatable bonds is 6. The van der Waals surface area contributed by atoms with Gasteiger partial charge < -0.3 is 18.9 Å². The molecule has 0 bridgehead atoms. The lowest BCUT2D eigenvalue weighted by atomic mass is 10.2. The number of esters is 1. The molecule has 30 heavy (non-hydrogen) atoms. The van der Waals surface area contributed by atoms with E-state index in [0.29, 0.717) is 30.8 Å². The summed E-state index contributed by atoms with van der Waals surface area (Å²) in [5.74, 6) is 1.44. The fourth-order valence-corrected chi connectivity index (χ4v) is 4.32. The number of hydrogen-bond acceptors (Lipinski definition) is 6. The third-order valence-corrected chi connectivity index (χ3v) is 5.91. The topological polar surface area (TPSA) is 69.5 Å². The third-order valence-electron chi connectivity index (χ3n) is 5.91. The van der Waals surface area contributed by atoms with E-state index in [-0.39, 0.29) is 5.97 Å². The smallest absolute Gasteiger partial charge is 0.337 e. The van der Waals surface area contributed by atoms with E-state index >= 15 is 0 Å². The average molecular weight is 409 g/mol. The zero-order valence-corrected chi connectivity index (χ0v) is 18.0. The summed E-state index contributed by atoms with van der Waals surface area (Å²) in [5, 5.41) is 0.